The second-order valence-electron chi connectivity index (χ2n) is 8.88. The molecule has 0 bridgehead atoms. The van der Waals surface area contributed by atoms with E-state index in [1.54, 1.807) is 4.68 Å². The number of aliphatic hydroxyl groups is 1. The van der Waals surface area contributed by atoms with Crippen LogP contribution < -0.4 is 5.56 Å². The number of para-hydroxylation sites is 1. The molecule has 1 aliphatic heterocycles. The smallest absolute Gasteiger partial charge is 0.253 e. The van der Waals surface area contributed by atoms with E-state index in [0.717, 1.165) is 16.5 Å². The number of aryl methyl sites for hydroxylation is 1. The fourth-order valence-electron chi connectivity index (χ4n) is 4.09. The van der Waals surface area contributed by atoms with Crippen molar-refractivity contribution in [2.75, 3.05) is 13.1 Å². The molecular formula is C21H28N6O2. The number of aromatic amines is 1. The van der Waals surface area contributed by atoms with Gasteiger partial charge >= 0.3 is 0 Å². The fraction of sp³-hybridized carbons (Fsp3) is 0.524. The average Bonchev–Trinajstić information content (AvgIpc) is 3.15. The lowest BCUT2D eigenvalue weighted by Gasteiger charge is -2.36. The maximum absolute atomic E-state index is 13.2. The molecule has 1 saturated heterocycles. The Balaban J connectivity index is 1.90. The second kappa shape index (κ2) is 7.35. The minimum atomic E-state index is -0.384. The van der Waals surface area contributed by atoms with Crippen LogP contribution in [-0.2, 0) is 5.54 Å². The molecular weight excluding hydrogens is 368 g/mol. The van der Waals surface area contributed by atoms with Gasteiger partial charge in [-0.1, -0.05) is 18.2 Å². The monoisotopic (exact) mass is 396 g/mol. The molecule has 8 heteroatoms. The molecule has 154 valence electrons. The summed E-state index contributed by atoms with van der Waals surface area (Å²) in [7, 11) is 0. The van der Waals surface area contributed by atoms with Crippen LogP contribution in [0.4, 0.5) is 0 Å². The Bertz CT molecular complexity index is 1070. The van der Waals surface area contributed by atoms with Gasteiger partial charge in [0.1, 0.15) is 6.04 Å². The van der Waals surface area contributed by atoms with Gasteiger partial charge in [0.05, 0.1) is 17.2 Å². The molecule has 1 atom stereocenters. The van der Waals surface area contributed by atoms with Gasteiger partial charge in [0.25, 0.3) is 5.56 Å². The third-order valence-electron chi connectivity index (χ3n) is 5.65. The molecule has 2 N–H and O–H groups in total. The highest BCUT2D eigenvalue weighted by atomic mass is 16.3. The predicted octanol–water partition coefficient (Wildman–Crippen LogP) is 2.12. The Labute approximate surface area is 169 Å². The molecule has 1 aliphatic rings. The number of nitrogens with zero attached hydrogens (tertiary/aromatic N) is 5. The van der Waals surface area contributed by atoms with Gasteiger partial charge < -0.3 is 10.1 Å². The number of H-pyrrole nitrogens is 1. The van der Waals surface area contributed by atoms with Crippen LogP contribution in [0.3, 0.4) is 0 Å². The highest BCUT2D eigenvalue weighted by molar-refractivity contribution is 5.82. The first-order valence-corrected chi connectivity index (χ1v) is 10.1. The first-order valence-electron chi connectivity index (χ1n) is 10.1. The van der Waals surface area contributed by atoms with E-state index in [2.05, 4.69) is 25.4 Å². The van der Waals surface area contributed by atoms with Crippen molar-refractivity contribution < 1.29 is 5.11 Å². The first-order chi connectivity index (χ1) is 13.8. The lowest BCUT2D eigenvalue weighted by Crippen LogP contribution is -2.42. The Hall–Kier alpha value is -2.58. The van der Waals surface area contributed by atoms with E-state index in [9.17, 15) is 9.90 Å². The summed E-state index contributed by atoms with van der Waals surface area (Å²) in [5, 5.41) is 23.4. The number of nitrogens with one attached hydrogen (secondary N) is 1. The minimum Gasteiger partial charge on any atom is -0.393 e. The maximum atomic E-state index is 13.2. The summed E-state index contributed by atoms with van der Waals surface area (Å²) < 4.78 is 1.79. The van der Waals surface area contributed by atoms with Crippen molar-refractivity contribution in [1.29, 1.82) is 0 Å². The Morgan fingerprint density at radius 3 is 2.66 bits per heavy atom. The molecule has 0 saturated carbocycles. The number of aromatic nitrogens is 5. The third-order valence-corrected chi connectivity index (χ3v) is 5.65. The van der Waals surface area contributed by atoms with Crippen LogP contribution >= 0.6 is 0 Å². The summed E-state index contributed by atoms with van der Waals surface area (Å²) in [6.07, 6.45) is 1.03. The maximum Gasteiger partial charge on any atom is 0.253 e. The van der Waals surface area contributed by atoms with Crippen LogP contribution in [0, 0.1) is 6.92 Å². The summed E-state index contributed by atoms with van der Waals surface area (Å²) in [5.74, 6) is 0.645. The standard InChI is InChI=1S/C21H28N6O2/c1-13-6-5-7-14-12-16(20(29)22-17(13)14)18(26-10-8-15(28)9-11-26)19-23-24-25-27(19)21(2,3)4/h5-7,12,15,18,28H,8-11H2,1-4H3,(H,22,29)/t18-/m1/s1. The van der Waals surface area contributed by atoms with E-state index >= 15 is 0 Å². The number of tetrazole rings is 1. The van der Waals surface area contributed by atoms with E-state index in [1.165, 1.54) is 0 Å². The molecule has 1 fully saturated rings. The number of benzene rings is 1. The number of likely N-dealkylation sites (tertiary alicyclic amines) is 1. The quantitative estimate of drug-likeness (QED) is 0.703. The van der Waals surface area contributed by atoms with E-state index in [4.69, 9.17) is 0 Å². The van der Waals surface area contributed by atoms with E-state index < -0.39 is 0 Å². The van der Waals surface area contributed by atoms with Gasteiger partial charge in [-0.05, 0) is 68.0 Å². The predicted molar refractivity (Wildman–Crippen MR) is 111 cm³/mol. The van der Waals surface area contributed by atoms with Crippen molar-refractivity contribution >= 4 is 10.9 Å². The normalized spacial score (nSPS) is 17.7. The zero-order chi connectivity index (χ0) is 20.8. The molecule has 1 aromatic carbocycles. The van der Waals surface area contributed by atoms with Crippen molar-refractivity contribution in [2.24, 2.45) is 0 Å². The number of aliphatic hydroxyl groups excluding tert-OH is 1. The number of hydrogen-bond acceptors (Lipinski definition) is 6. The number of hydrogen-bond donors (Lipinski definition) is 2. The van der Waals surface area contributed by atoms with Crippen molar-refractivity contribution in [2.45, 2.75) is 58.2 Å². The molecule has 8 nitrogen and oxygen atoms in total. The summed E-state index contributed by atoms with van der Waals surface area (Å²) in [4.78, 5) is 18.4. The number of piperidine rings is 1. The van der Waals surface area contributed by atoms with Crippen LogP contribution in [0.1, 0.15) is 56.6 Å². The zero-order valence-electron chi connectivity index (χ0n) is 17.4. The van der Waals surface area contributed by atoms with Crippen LogP contribution in [0.15, 0.2) is 29.1 Å². The van der Waals surface area contributed by atoms with Gasteiger partial charge in [-0.3, -0.25) is 9.69 Å². The van der Waals surface area contributed by atoms with Gasteiger partial charge in [-0.25, -0.2) is 4.68 Å². The van der Waals surface area contributed by atoms with E-state index in [0.29, 0.717) is 37.3 Å². The van der Waals surface area contributed by atoms with Crippen molar-refractivity contribution in [3.8, 4) is 0 Å². The molecule has 0 spiro atoms. The Morgan fingerprint density at radius 1 is 1.24 bits per heavy atom. The van der Waals surface area contributed by atoms with Crippen molar-refractivity contribution in [3.05, 3.63) is 51.6 Å². The zero-order valence-corrected chi connectivity index (χ0v) is 17.4. The van der Waals surface area contributed by atoms with Crippen molar-refractivity contribution in [1.82, 2.24) is 30.1 Å². The minimum absolute atomic E-state index is 0.133. The third kappa shape index (κ3) is 3.70. The summed E-state index contributed by atoms with van der Waals surface area (Å²) in [6.45, 7) is 9.46. The number of fused-ring (bicyclic) bond motifs is 1. The van der Waals surface area contributed by atoms with Gasteiger partial charge in [-0.15, -0.1) is 5.10 Å². The number of pyridine rings is 1. The lowest BCUT2D eigenvalue weighted by atomic mass is 9.98. The highest BCUT2D eigenvalue weighted by Crippen LogP contribution is 2.31. The van der Waals surface area contributed by atoms with Crippen LogP contribution in [0.2, 0.25) is 0 Å². The first kappa shape index (κ1) is 19.7. The molecule has 0 aliphatic carbocycles. The molecule has 4 rings (SSSR count). The molecule has 3 aromatic rings. The molecule has 0 amide bonds. The SMILES string of the molecule is Cc1cccc2cc([C@H](c3nnnn3C(C)(C)C)N3CCC(O)CC3)c(=O)[nH]c12. The molecule has 0 unspecified atom stereocenters. The molecule has 29 heavy (non-hydrogen) atoms. The molecule has 2 aromatic heterocycles. The Morgan fingerprint density at radius 2 is 1.97 bits per heavy atom. The molecule has 3 heterocycles. The second-order valence-corrected chi connectivity index (χ2v) is 8.88. The number of rotatable bonds is 3. The lowest BCUT2D eigenvalue weighted by molar-refractivity contribution is 0.0647. The summed E-state index contributed by atoms with van der Waals surface area (Å²) in [5.41, 5.74) is 2.05. The van der Waals surface area contributed by atoms with E-state index in [-0.39, 0.29) is 23.2 Å². The fourth-order valence-corrected chi connectivity index (χ4v) is 4.09. The van der Waals surface area contributed by atoms with Crippen molar-refractivity contribution in [3.63, 3.8) is 0 Å². The van der Waals surface area contributed by atoms with Gasteiger partial charge in [0.2, 0.25) is 0 Å². The topological polar surface area (TPSA) is 99.9 Å². The van der Waals surface area contributed by atoms with Crippen LogP contribution in [0.5, 0.6) is 0 Å². The van der Waals surface area contributed by atoms with E-state index in [1.807, 2.05) is 52.0 Å². The van der Waals surface area contributed by atoms with Crippen LogP contribution in [0.25, 0.3) is 10.9 Å². The van der Waals surface area contributed by atoms with Crippen LogP contribution in [-0.4, -0.2) is 54.4 Å². The Kier molecular flexibility index (Phi) is 5.00. The largest absolute Gasteiger partial charge is 0.393 e. The van der Waals surface area contributed by atoms with Gasteiger partial charge in [-0.2, -0.15) is 0 Å². The summed E-state index contributed by atoms with van der Waals surface area (Å²) >= 11 is 0. The summed E-state index contributed by atoms with van der Waals surface area (Å²) in [6, 6.07) is 7.56. The average molecular weight is 396 g/mol. The highest BCUT2D eigenvalue weighted by Gasteiger charge is 2.34. The van der Waals surface area contributed by atoms with Gasteiger partial charge in [0.15, 0.2) is 5.82 Å². The molecule has 0 radical (unpaired) electrons. The van der Waals surface area contributed by atoms with Gasteiger partial charge in [0, 0.05) is 18.7 Å².